The monoisotopic (exact) mass is 147 g/mol. The Kier molecular flexibility index (Phi) is 4.60. The van der Waals surface area contributed by atoms with Gasteiger partial charge in [0.05, 0.1) is 0 Å². The summed E-state index contributed by atoms with van der Waals surface area (Å²) in [5.74, 6) is 0.945. The maximum atomic E-state index is 2.62. The first kappa shape index (κ1) is 9.64. The van der Waals surface area contributed by atoms with Crippen LogP contribution in [0.4, 0.5) is 0 Å². The number of hydrogen-bond donors (Lipinski definition) is 0. The number of hydrogen-bond acceptors (Lipinski definition) is 1. The van der Waals surface area contributed by atoms with Crippen LogP contribution in [0.15, 0.2) is 0 Å². The van der Waals surface area contributed by atoms with Gasteiger partial charge in [-0.15, -0.1) is 0 Å². The van der Waals surface area contributed by atoms with Crippen LogP contribution in [0.2, 0.25) is 5.09 Å². The second-order valence-electron chi connectivity index (χ2n) is 3.90. The van der Waals surface area contributed by atoms with Gasteiger partial charge >= 0.3 is 79.4 Å². The SMILES string of the molecule is [Li][CH2]CCN1CCCC(C)C1. The fraction of sp³-hybridized carbons (Fsp3) is 1.00. The topological polar surface area (TPSA) is 3.24 Å². The van der Waals surface area contributed by atoms with Gasteiger partial charge in [-0.1, -0.05) is 0 Å². The van der Waals surface area contributed by atoms with Crippen molar-refractivity contribution in [2.24, 2.45) is 5.92 Å². The molecule has 1 fully saturated rings. The Morgan fingerprint density at radius 2 is 2.36 bits per heavy atom. The molecule has 11 heavy (non-hydrogen) atoms. The van der Waals surface area contributed by atoms with E-state index in [2.05, 4.69) is 29.5 Å². The van der Waals surface area contributed by atoms with Crippen LogP contribution < -0.4 is 0 Å². The second-order valence-corrected chi connectivity index (χ2v) is 3.90. The van der Waals surface area contributed by atoms with E-state index in [1.165, 1.54) is 44.0 Å². The Morgan fingerprint density at radius 3 is 3.00 bits per heavy atom. The summed E-state index contributed by atoms with van der Waals surface area (Å²) in [6.45, 7) is 6.41. The van der Waals surface area contributed by atoms with E-state index in [0.29, 0.717) is 0 Å². The number of nitrogens with zero attached hydrogens (tertiary/aromatic N) is 1. The average Bonchev–Trinajstić information content (AvgIpc) is 2.01. The van der Waals surface area contributed by atoms with E-state index in [-0.39, 0.29) is 0 Å². The van der Waals surface area contributed by atoms with E-state index in [4.69, 9.17) is 0 Å². The van der Waals surface area contributed by atoms with Crippen LogP contribution in [-0.2, 0) is 0 Å². The van der Waals surface area contributed by atoms with Crippen molar-refractivity contribution in [2.45, 2.75) is 31.3 Å². The molecule has 1 heterocycles. The summed E-state index contributed by atoms with van der Waals surface area (Å²) < 4.78 is 0. The van der Waals surface area contributed by atoms with Crippen LogP contribution in [-0.4, -0.2) is 42.2 Å². The molecule has 1 atom stereocenters. The van der Waals surface area contributed by atoms with Crippen molar-refractivity contribution in [1.29, 1.82) is 0 Å². The van der Waals surface area contributed by atoms with Crippen LogP contribution in [0.25, 0.3) is 0 Å². The molecular formula is C9H18LiN. The molecule has 1 saturated heterocycles. The zero-order chi connectivity index (χ0) is 8.10. The zero-order valence-electron chi connectivity index (χ0n) is 7.97. The van der Waals surface area contributed by atoms with E-state index >= 15 is 0 Å². The molecule has 0 aromatic heterocycles. The number of likely N-dealkylation sites (tertiary alicyclic amines) is 1. The average molecular weight is 147 g/mol. The summed E-state index contributed by atoms with van der Waals surface area (Å²) >= 11 is 2.27. The molecule has 0 N–H and O–H groups in total. The predicted octanol–water partition coefficient (Wildman–Crippen LogP) is 1.70. The van der Waals surface area contributed by atoms with Crippen molar-refractivity contribution in [2.75, 3.05) is 19.6 Å². The first-order valence-electron chi connectivity index (χ1n) is 5.05. The maximum absolute atomic E-state index is 2.62. The summed E-state index contributed by atoms with van der Waals surface area (Å²) in [4.78, 5) is 2.62. The molecule has 0 aromatic rings. The molecular weight excluding hydrogens is 129 g/mol. The molecule has 2 heteroatoms. The molecule has 60 valence electrons. The van der Waals surface area contributed by atoms with Crippen LogP contribution in [0.3, 0.4) is 0 Å². The van der Waals surface area contributed by atoms with Crippen molar-refractivity contribution in [3.8, 4) is 0 Å². The van der Waals surface area contributed by atoms with E-state index in [0.717, 1.165) is 5.92 Å². The van der Waals surface area contributed by atoms with Gasteiger partial charge in [0.15, 0.2) is 0 Å². The van der Waals surface area contributed by atoms with E-state index in [1.54, 1.807) is 0 Å². The first-order chi connectivity index (χ1) is 5.33. The van der Waals surface area contributed by atoms with E-state index < -0.39 is 0 Å². The molecule has 1 rings (SSSR count). The molecule has 0 spiro atoms. The minimum absolute atomic E-state index is 0.945. The molecule has 0 aromatic carbocycles. The van der Waals surface area contributed by atoms with Crippen molar-refractivity contribution in [3.05, 3.63) is 0 Å². The number of rotatable bonds is 3. The third-order valence-electron chi connectivity index (χ3n) is 2.57. The Labute approximate surface area is 79.7 Å². The first-order valence-corrected chi connectivity index (χ1v) is 5.05. The third-order valence-corrected chi connectivity index (χ3v) is 2.57. The van der Waals surface area contributed by atoms with Crippen LogP contribution >= 0.6 is 0 Å². The second kappa shape index (κ2) is 5.25. The molecule has 0 saturated carbocycles. The minimum atomic E-state index is 0.945. The summed E-state index contributed by atoms with van der Waals surface area (Å²) in [5, 5.41) is 1.34. The molecule has 1 aliphatic rings. The molecule has 1 nitrogen and oxygen atoms in total. The molecule has 0 amide bonds. The molecule has 0 bridgehead atoms. The third kappa shape index (κ3) is 3.65. The van der Waals surface area contributed by atoms with Gasteiger partial charge in [0.1, 0.15) is 0 Å². The normalized spacial score (nSPS) is 27.4. The van der Waals surface area contributed by atoms with Crippen molar-refractivity contribution in [3.63, 3.8) is 0 Å². The van der Waals surface area contributed by atoms with Crippen molar-refractivity contribution >= 4 is 17.7 Å². The number of piperidine rings is 1. The molecule has 0 radical (unpaired) electrons. The van der Waals surface area contributed by atoms with Gasteiger partial charge in [0.25, 0.3) is 0 Å². The zero-order valence-corrected chi connectivity index (χ0v) is 7.97. The summed E-state index contributed by atoms with van der Waals surface area (Å²) in [6.07, 6.45) is 4.25. The van der Waals surface area contributed by atoms with E-state index in [9.17, 15) is 0 Å². The predicted molar refractivity (Wildman–Crippen MR) is 50.0 cm³/mol. The fourth-order valence-electron chi connectivity index (χ4n) is 1.87. The Balaban J connectivity index is 2.12. The van der Waals surface area contributed by atoms with Gasteiger partial charge in [-0.25, -0.2) is 0 Å². The molecule has 1 unspecified atom stereocenters. The molecule has 1 aliphatic heterocycles. The van der Waals surface area contributed by atoms with Crippen LogP contribution in [0, 0.1) is 5.92 Å². The van der Waals surface area contributed by atoms with Gasteiger partial charge in [0, 0.05) is 0 Å². The van der Waals surface area contributed by atoms with Gasteiger partial charge in [-0.3, -0.25) is 0 Å². The van der Waals surface area contributed by atoms with Crippen molar-refractivity contribution in [1.82, 2.24) is 4.90 Å². The van der Waals surface area contributed by atoms with Crippen LogP contribution in [0.1, 0.15) is 26.2 Å². The summed E-state index contributed by atoms with van der Waals surface area (Å²) in [5.41, 5.74) is 0. The Morgan fingerprint density at radius 1 is 1.55 bits per heavy atom. The quantitative estimate of drug-likeness (QED) is 0.549. The van der Waals surface area contributed by atoms with Crippen molar-refractivity contribution < 1.29 is 0 Å². The summed E-state index contributed by atoms with van der Waals surface area (Å²) in [6, 6.07) is 0. The van der Waals surface area contributed by atoms with E-state index in [1.807, 2.05) is 0 Å². The fourth-order valence-corrected chi connectivity index (χ4v) is 1.87. The standard InChI is InChI=1S/C9H18N.Li/c1-3-6-10-7-4-5-9(2)8-10;/h9H,1,3-8H2,2H3;. The Bertz CT molecular complexity index is 106. The summed E-state index contributed by atoms with van der Waals surface area (Å²) in [7, 11) is 0. The van der Waals surface area contributed by atoms with Gasteiger partial charge in [-0.2, -0.15) is 0 Å². The molecule has 0 aliphatic carbocycles. The Hall–Kier alpha value is 0.557. The van der Waals surface area contributed by atoms with Gasteiger partial charge < -0.3 is 0 Å². The van der Waals surface area contributed by atoms with Gasteiger partial charge in [-0.05, 0) is 0 Å². The van der Waals surface area contributed by atoms with Crippen LogP contribution in [0.5, 0.6) is 0 Å². The van der Waals surface area contributed by atoms with Gasteiger partial charge in [0.2, 0.25) is 0 Å².